The SMILES string of the molecule is CCc1nn2cc(-c3cc4c(OCc5csc(-c6ccc(C(=O)N(C)CCO)cc6)n5)cc(OC)cc4o3)nc2o1. The molecule has 6 aromatic rings. The largest absolute Gasteiger partial charge is 0.496 e. The predicted octanol–water partition coefficient (Wildman–Crippen LogP) is 5.07. The van der Waals surface area contributed by atoms with E-state index < -0.39 is 0 Å². The van der Waals surface area contributed by atoms with Crippen LogP contribution < -0.4 is 9.47 Å². The Morgan fingerprint density at radius 2 is 1.98 bits per heavy atom. The maximum absolute atomic E-state index is 12.4. The number of ether oxygens (including phenoxy) is 2. The molecule has 0 spiro atoms. The van der Waals surface area contributed by atoms with Crippen molar-refractivity contribution in [3.63, 3.8) is 0 Å². The number of likely N-dealkylation sites (N-methyl/N-ethyl adjacent to an activating group) is 1. The van der Waals surface area contributed by atoms with Gasteiger partial charge in [0.1, 0.15) is 34.4 Å². The summed E-state index contributed by atoms with van der Waals surface area (Å²) in [6.07, 6.45) is 2.45. The zero-order chi connectivity index (χ0) is 28.5. The van der Waals surface area contributed by atoms with E-state index in [4.69, 9.17) is 28.4 Å². The van der Waals surface area contributed by atoms with Crippen LogP contribution in [0.25, 0.3) is 38.8 Å². The molecule has 0 saturated carbocycles. The number of aliphatic hydroxyl groups excluding tert-OH is 1. The van der Waals surface area contributed by atoms with Gasteiger partial charge in [0.15, 0.2) is 5.76 Å². The third-order valence-electron chi connectivity index (χ3n) is 6.54. The van der Waals surface area contributed by atoms with E-state index in [1.807, 2.05) is 36.6 Å². The van der Waals surface area contributed by atoms with Crippen LogP contribution >= 0.6 is 11.3 Å². The average Bonchev–Trinajstić information content (AvgIpc) is 3.78. The zero-order valence-electron chi connectivity index (χ0n) is 22.7. The minimum absolute atomic E-state index is 0.0790. The van der Waals surface area contributed by atoms with Gasteiger partial charge in [0.25, 0.3) is 5.91 Å². The maximum Gasteiger partial charge on any atom is 0.325 e. The summed E-state index contributed by atoms with van der Waals surface area (Å²) in [5, 5.41) is 17.0. The van der Waals surface area contributed by atoms with E-state index >= 15 is 0 Å². The molecule has 0 aliphatic carbocycles. The van der Waals surface area contributed by atoms with Crippen molar-refractivity contribution in [1.29, 1.82) is 0 Å². The number of hydrogen-bond acceptors (Lipinski definition) is 10. The average molecular weight is 574 g/mol. The molecule has 0 fully saturated rings. The lowest BCUT2D eigenvalue weighted by Gasteiger charge is -2.15. The topological polar surface area (TPSA) is 128 Å². The number of hydrogen-bond donors (Lipinski definition) is 1. The lowest BCUT2D eigenvalue weighted by atomic mass is 10.1. The molecule has 0 atom stereocenters. The van der Waals surface area contributed by atoms with E-state index in [-0.39, 0.29) is 25.7 Å². The smallest absolute Gasteiger partial charge is 0.325 e. The molecule has 0 saturated heterocycles. The van der Waals surface area contributed by atoms with Gasteiger partial charge in [-0.05, 0) is 18.2 Å². The molecule has 12 heteroatoms. The third kappa shape index (κ3) is 5.26. The molecule has 0 aliphatic heterocycles. The van der Waals surface area contributed by atoms with E-state index in [0.29, 0.717) is 52.3 Å². The standard InChI is InChI=1S/C29H27N5O6S/c1-4-26-32-34-14-22(31-29(34)40-26)25-13-21-23(11-20(37-3)12-24(21)39-25)38-15-19-16-41-27(30-19)17-5-7-18(8-6-17)28(36)33(2)9-10-35/h5-8,11-14,16,35H,4,9-10,15H2,1-3H3. The number of rotatable bonds is 10. The zero-order valence-corrected chi connectivity index (χ0v) is 23.5. The number of carbonyl (C=O) groups is 1. The van der Waals surface area contributed by atoms with Crippen LogP contribution in [0.2, 0.25) is 0 Å². The maximum atomic E-state index is 12.4. The number of furan rings is 1. The van der Waals surface area contributed by atoms with Gasteiger partial charge in [-0.2, -0.15) is 9.50 Å². The highest BCUT2D eigenvalue weighted by atomic mass is 32.1. The summed E-state index contributed by atoms with van der Waals surface area (Å²) in [7, 11) is 3.25. The van der Waals surface area contributed by atoms with Crippen molar-refractivity contribution in [2.75, 3.05) is 27.3 Å². The van der Waals surface area contributed by atoms with E-state index in [9.17, 15) is 4.79 Å². The van der Waals surface area contributed by atoms with Crippen LogP contribution in [0.3, 0.4) is 0 Å². The number of thiazole rings is 1. The minimum atomic E-state index is -0.143. The number of imidazole rings is 1. The number of nitrogens with zero attached hydrogens (tertiary/aromatic N) is 5. The summed E-state index contributed by atoms with van der Waals surface area (Å²) in [5.41, 5.74) is 3.41. The molecular weight excluding hydrogens is 546 g/mol. The Morgan fingerprint density at radius 3 is 2.71 bits per heavy atom. The lowest BCUT2D eigenvalue weighted by Crippen LogP contribution is -2.29. The number of amides is 1. The Labute approximate surface area is 238 Å². The van der Waals surface area contributed by atoms with E-state index in [2.05, 4.69) is 10.1 Å². The minimum Gasteiger partial charge on any atom is -0.496 e. The lowest BCUT2D eigenvalue weighted by molar-refractivity contribution is 0.0767. The molecule has 0 unspecified atom stereocenters. The summed E-state index contributed by atoms with van der Waals surface area (Å²) >= 11 is 1.50. The fourth-order valence-corrected chi connectivity index (χ4v) is 5.14. The van der Waals surface area contributed by atoms with Gasteiger partial charge >= 0.3 is 5.84 Å². The first-order chi connectivity index (χ1) is 19.9. The van der Waals surface area contributed by atoms with Crippen LogP contribution in [-0.4, -0.2) is 62.8 Å². The first-order valence-corrected chi connectivity index (χ1v) is 13.8. The quantitative estimate of drug-likeness (QED) is 0.239. The van der Waals surface area contributed by atoms with Crippen molar-refractivity contribution >= 4 is 34.1 Å². The molecule has 41 heavy (non-hydrogen) atoms. The highest BCUT2D eigenvalue weighted by Gasteiger charge is 2.18. The van der Waals surface area contributed by atoms with Crippen molar-refractivity contribution in [3.05, 3.63) is 71.2 Å². The summed E-state index contributed by atoms with van der Waals surface area (Å²) in [4.78, 5) is 23.1. The van der Waals surface area contributed by atoms with Crippen molar-refractivity contribution < 1.29 is 28.2 Å². The molecule has 6 rings (SSSR count). The second-order valence-electron chi connectivity index (χ2n) is 9.31. The van der Waals surface area contributed by atoms with Gasteiger partial charge in [0.05, 0.1) is 31.0 Å². The summed E-state index contributed by atoms with van der Waals surface area (Å²) in [5.74, 6) is 2.62. The molecule has 11 nitrogen and oxygen atoms in total. The third-order valence-corrected chi connectivity index (χ3v) is 7.48. The predicted molar refractivity (Wildman–Crippen MR) is 152 cm³/mol. The van der Waals surface area contributed by atoms with Gasteiger partial charge < -0.3 is 28.3 Å². The van der Waals surface area contributed by atoms with Crippen LogP contribution in [0.15, 0.2) is 62.9 Å². The van der Waals surface area contributed by atoms with Gasteiger partial charge in [0.2, 0.25) is 5.89 Å². The highest BCUT2D eigenvalue weighted by Crippen LogP contribution is 2.37. The number of aromatic nitrogens is 4. The van der Waals surface area contributed by atoms with Crippen LogP contribution in [0.4, 0.5) is 0 Å². The Kier molecular flexibility index (Phi) is 7.16. The van der Waals surface area contributed by atoms with Gasteiger partial charge in [0, 0.05) is 48.7 Å². The fourth-order valence-electron chi connectivity index (χ4n) is 4.33. The van der Waals surface area contributed by atoms with E-state index in [1.165, 1.54) is 16.2 Å². The number of aryl methyl sites for hydroxylation is 1. The van der Waals surface area contributed by atoms with Gasteiger partial charge in [-0.3, -0.25) is 4.79 Å². The number of aliphatic hydroxyl groups is 1. The van der Waals surface area contributed by atoms with Crippen molar-refractivity contribution in [3.8, 4) is 33.5 Å². The number of benzene rings is 2. The molecule has 0 aliphatic rings. The Morgan fingerprint density at radius 1 is 1.15 bits per heavy atom. The van der Waals surface area contributed by atoms with Crippen molar-refractivity contribution in [1.82, 2.24) is 24.5 Å². The van der Waals surface area contributed by atoms with Gasteiger partial charge in [-0.1, -0.05) is 19.1 Å². The summed E-state index contributed by atoms with van der Waals surface area (Å²) in [6.45, 7) is 2.41. The Hall–Kier alpha value is -4.68. The van der Waals surface area contributed by atoms with Crippen LogP contribution in [0.1, 0.15) is 28.9 Å². The molecule has 0 radical (unpaired) electrons. The van der Waals surface area contributed by atoms with Crippen LogP contribution in [0, 0.1) is 0 Å². The highest BCUT2D eigenvalue weighted by molar-refractivity contribution is 7.13. The summed E-state index contributed by atoms with van der Waals surface area (Å²) in [6, 6.07) is 12.8. The Balaban J connectivity index is 1.20. The fraction of sp³-hybridized carbons (Fsp3) is 0.241. The van der Waals surface area contributed by atoms with Crippen LogP contribution in [0.5, 0.6) is 11.5 Å². The van der Waals surface area contributed by atoms with E-state index in [1.54, 1.807) is 43.1 Å². The Bertz CT molecular complexity index is 1800. The number of fused-ring (bicyclic) bond motifs is 2. The summed E-state index contributed by atoms with van der Waals surface area (Å²) < 4.78 is 25.0. The van der Waals surface area contributed by atoms with Gasteiger partial charge in [-0.15, -0.1) is 16.4 Å². The normalized spacial score (nSPS) is 11.4. The number of methoxy groups -OCH3 is 1. The second-order valence-corrected chi connectivity index (χ2v) is 10.2. The molecule has 1 amide bonds. The van der Waals surface area contributed by atoms with E-state index in [0.717, 1.165) is 21.7 Å². The van der Waals surface area contributed by atoms with Crippen LogP contribution in [-0.2, 0) is 13.0 Å². The first-order valence-electron chi connectivity index (χ1n) is 13.0. The molecule has 0 bridgehead atoms. The molecule has 4 aromatic heterocycles. The number of carbonyl (C=O) groups excluding carboxylic acids is 1. The molecule has 210 valence electrons. The molecule has 4 heterocycles. The first kappa shape index (κ1) is 26.5. The van der Waals surface area contributed by atoms with Crippen molar-refractivity contribution in [2.45, 2.75) is 20.0 Å². The van der Waals surface area contributed by atoms with Crippen molar-refractivity contribution in [2.24, 2.45) is 0 Å². The second kappa shape index (κ2) is 11.1. The molecular formula is C29H27N5O6S. The molecule has 2 aromatic carbocycles. The molecule has 1 N–H and O–H groups in total. The van der Waals surface area contributed by atoms with Gasteiger partial charge in [-0.25, -0.2) is 4.98 Å². The monoisotopic (exact) mass is 573 g/mol.